The van der Waals surface area contributed by atoms with Gasteiger partial charge in [0.2, 0.25) is 5.92 Å². The Morgan fingerprint density at radius 2 is 1.83 bits per heavy atom. The molecule has 3 rings (SSSR count). The molecule has 4 nitrogen and oxygen atoms in total. The summed E-state index contributed by atoms with van der Waals surface area (Å²) in [6.07, 6.45) is -0.395. The van der Waals surface area contributed by atoms with Gasteiger partial charge in [0.25, 0.3) is 0 Å². The van der Waals surface area contributed by atoms with E-state index < -0.39 is 29.1 Å². The second kappa shape index (κ2) is 5.41. The first-order valence-corrected chi connectivity index (χ1v) is 8.22. The fourth-order valence-corrected chi connectivity index (χ4v) is 4.14. The van der Waals surface area contributed by atoms with E-state index in [9.17, 15) is 23.8 Å². The number of rotatable bonds is 2. The third-order valence-electron chi connectivity index (χ3n) is 5.40. The maximum Gasteiger partial charge on any atom is 0.407 e. The Morgan fingerprint density at radius 1 is 1.25 bits per heavy atom. The third kappa shape index (κ3) is 3.11. The summed E-state index contributed by atoms with van der Waals surface area (Å²) >= 11 is 0. The van der Waals surface area contributed by atoms with Crippen molar-refractivity contribution in [2.75, 3.05) is 6.54 Å². The highest BCUT2D eigenvalue weighted by molar-refractivity contribution is 5.66. The van der Waals surface area contributed by atoms with Gasteiger partial charge in [0.05, 0.1) is 11.6 Å². The van der Waals surface area contributed by atoms with Crippen molar-refractivity contribution in [1.29, 1.82) is 0 Å². The van der Waals surface area contributed by atoms with Gasteiger partial charge >= 0.3 is 6.09 Å². The number of nitrogens with zero attached hydrogens (tertiary/aromatic N) is 1. The van der Waals surface area contributed by atoms with Gasteiger partial charge in [0.1, 0.15) is 0 Å². The summed E-state index contributed by atoms with van der Waals surface area (Å²) < 4.78 is 26.8. The summed E-state index contributed by atoms with van der Waals surface area (Å²) in [7, 11) is 0. The largest absolute Gasteiger partial charge is 0.465 e. The molecular weight excluding hydrogens is 316 g/mol. The van der Waals surface area contributed by atoms with Gasteiger partial charge < -0.3 is 15.1 Å². The third-order valence-corrected chi connectivity index (χ3v) is 5.40. The number of aliphatic hydroxyl groups is 1. The monoisotopic (exact) mass is 339 g/mol. The molecule has 0 bridgehead atoms. The van der Waals surface area contributed by atoms with Gasteiger partial charge in [0, 0.05) is 19.4 Å². The fraction of sp³-hybridized carbons (Fsp3) is 0.611. The van der Waals surface area contributed by atoms with Crippen molar-refractivity contribution < 1.29 is 23.8 Å². The average molecular weight is 339 g/mol. The van der Waals surface area contributed by atoms with Gasteiger partial charge in [-0.15, -0.1) is 0 Å². The van der Waals surface area contributed by atoms with E-state index in [2.05, 4.69) is 0 Å². The van der Waals surface area contributed by atoms with E-state index >= 15 is 0 Å². The zero-order chi connectivity index (χ0) is 17.8. The van der Waals surface area contributed by atoms with Crippen LogP contribution in [0.4, 0.5) is 13.6 Å². The molecule has 1 spiro atoms. The van der Waals surface area contributed by atoms with Gasteiger partial charge in [-0.05, 0) is 43.2 Å². The number of halogens is 2. The maximum absolute atomic E-state index is 13.4. The molecule has 0 aromatic heterocycles. The summed E-state index contributed by atoms with van der Waals surface area (Å²) in [4.78, 5) is 12.9. The Kier molecular flexibility index (Phi) is 3.86. The Morgan fingerprint density at radius 3 is 2.29 bits per heavy atom. The lowest BCUT2D eigenvalue weighted by molar-refractivity contribution is -0.183. The molecule has 1 unspecified atom stereocenters. The van der Waals surface area contributed by atoms with Gasteiger partial charge in [-0.2, -0.15) is 0 Å². The number of hydrogen-bond donors (Lipinski definition) is 2. The van der Waals surface area contributed by atoms with Crippen LogP contribution in [0.15, 0.2) is 24.3 Å². The van der Waals surface area contributed by atoms with Crippen molar-refractivity contribution in [3.8, 4) is 0 Å². The summed E-state index contributed by atoms with van der Waals surface area (Å²) in [6, 6.07) is 6.72. The van der Waals surface area contributed by atoms with E-state index in [4.69, 9.17) is 0 Å². The summed E-state index contributed by atoms with van der Waals surface area (Å²) in [5, 5.41) is 19.5. The second-order valence-electron chi connectivity index (χ2n) is 7.84. The molecule has 1 aromatic carbocycles. The van der Waals surface area contributed by atoms with Gasteiger partial charge in [0.15, 0.2) is 0 Å². The van der Waals surface area contributed by atoms with Crippen LogP contribution in [0.5, 0.6) is 0 Å². The Hall–Kier alpha value is -1.69. The highest BCUT2D eigenvalue weighted by Gasteiger charge is 2.58. The summed E-state index contributed by atoms with van der Waals surface area (Å²) in [5.74, 6) is -2.61. The smallest absolute Gasteiger partial charge is 0.407 e. The Bertz CT molecular complexity index is 629. The standard InChI is InChI=1S/C18H23F2NO3/c1-16(2,24)13-5-3-12(4-6-13)14-9-17(10-18(19,20)11-17)7-8-21(14)15(22)23/h3-6,14,24H,7-11H2,1-2H3,(H,22,23). The fourth-order valence-electron chi connectivity index (χ4n) is 4.14. The van der Waals surface area contributed by atoms with E-state index in [0.717, 1.165) is 11.1 Å². The van der Waals surface area contributed by atoms with Gasteiger partial charge in [-0.1, -0.05) is 24.3 Å². The highest BCUT2D eigenvalue weighted by atomic mass is 19.3. The molecule has 24 heavy (non-hydrogen) atoms. The number of amides is 1. The summed E-state index contributed by atoms with van der Waals surface area (Å²) in [6.45, 7) is 3.64. The van der Waals surface area contributed by atoms with Crippen molar-refractivity contribution >= 4 is 6.09 Å². The van der Waals surface area contributed by atoms with E-state index in [1.54, 1.807) is 38.1 Å². The quantitative estimate of drug-likeness (QED) is 0.851. The maximum atomic E-state index is 13.4. The normalized spacial score (nSPS) is 25.4. The van der Waals surface area contributed by atoms with Gasteiger partial charge in [-0.25, -0.2) is 13.6 Å². The number of carboxylic acid groups (broad SMARTS) is 1. The Labute approximate surface area is 140 Å². The molecule has 1 saturated carbocycles. The first kappa shape index (κ1) is 17.1. The van der Waals surface area contributed by atoms with Crippen LogP contribution in [0.2, 0.25) is 0 Å². The van der Waals surface area contributed by atoms with Gasteiger partial charge in [-0.3, -0.25) is 0 Å². The highest BCUT2D eigenvalue weighted by Crippen LogP contribution is 2.60. The number of benzene rings is 1. The molecule has 1 atom stereocenters. The zero-order valence-corrected chi connectivity index (χ0v) is 13.9. The predicted molar refractivity (Wildman–Crippen MR) is 85.0 cm³/mol. The molecule has 0 radical (unpaired) electrons. The lowest BCUT2D eigenvalue weighted by Crippen LogP contribution is -2.54. The van der Waals surface area contributed by atoms with E-state index in [0.29, 0.717) is 12.8 Å². The van der Waals surface area contributed by atoms with Crippen LogP contribution in [-0.4, -0.2) is 33.7 Å². The van der Waals surface area contributed by atoms with Crippen LogP contribution < -0.4 is 0 Å². The van der Waals surface area contributed by atoms with Crippen molar-refractivity contribution in [2.45, 2.75) is 57.1 Å². The lowest BCUT2D eigenvalue weighted by Gasteiger charge is -2.54. The molecule has 1 saturated heterocycles. The molecule has 1 aliphatic carbocycles. The minimum atomic E-state index is -2.61. The number of piperidine rings is 1. The van der Waals surface area contributed by atoms with E-state index in [1.807, 2.05) is 0 Å². The SMILES string of the molecule is CC(C)(O)c1ccc(C2CC3(CCN2C(=O)O)CC(F)(F)C3)cc1. The van der Waals surface area contributed by atoms with Crippen LogP contribution in [0.3, 0.4) is 0 Å². The molecule has 1 aromatic rings. The molecule has 132 valence electrons. The van der Waals surface area contributed by atoms with Crippen molar-refractivity contribution in [3.63, 3.8) is 0 Å². The van der Waals surface area contributed by atoms with Crippen molar-refractivity contribution in [1.82, 2.24) is 4.90 Å². The Balaban J connectivity index is 1.85. The van der Waals surface area contributed by atoms with Crippen LogP contribution in [0.1, 0.15) is 56.7 Å². The van der Waals surface area contributed by atoms with Crippen molar-refractivity contribution in [2.24, 2.45) is 5.41 Å². The van der Waals surface area contributed by atoms with Crippen molar-refractivity contribution in [3.05, 3.63) is 35.4 Å². The predicted octanol–water partition coefficient (Wildman–Crippen LogP) is 4.14. The molecular formula is C18H23F2NO3. The second-order valence-corrected chi connectivity index (χ2v) is 7.84. The molecule has 1 heterocycles. The summed E-state index contributed by atoms with van der Waals surface area (Å²) in [5.41, 5.74) is 0.0951. The number of hydrogen-bond acceptors (Lipinski definition) is 2. The zero-order valence-electron chi connectivity index (χ0n) is 13.9. The molecule has 1 aliphatic heterocycles. The van der Waals surface area contributed by atoms with Crippen LogP contribution in [0, 0.1) is 5.41 Å². The van der Waals surface area contributed by atoms with Crippen LogP contribution in [-0.2, 0) is 5.60 Å². The molecule has 2 fully saturated rings. The van der Waals surface area contributed by atoms with E-state index in [1.165, 1.54) is 4.90 Å². The molecule has 1 amide bonds. The number of carbonyl (C=O) groups is 1. The molecule has 2 aliphatic rings. The average Bonchev–Trinajstić information content (AvgIpc) is 2.44. The lowest BCUT2D eigenvalue weighted by atomic mass is 9.59. The molecule has 2 N–H and O–H groups in total. The minimum absolute atomic E-state index is 0.147. The number of likely N-dealkylation sites (tertiary alicyclic amines) is 1. The topological polar surface area (TPSA) is 60.8 Å². The van der Waals surface area contributed by atoms with E-state index in [-0.39, 0.29) is 19.4 Å². The first-order chi connectivity index (χ1) is 11.0. The number of alkyl halides is 2. The minimum Gasteiger partial charge on any atom is -0.465 e. The first-order valence-electron chi connectivity index (χ1n) is 8.22. The van der Waals surface area contributed by atoms with Crippen LogP contribution in [0.25, 0.3) is 0 Å². The molecule has 6 heteroatoms. The van der Waals surface area contributed by atoms with Crippen LogP contribution >= 0.6 is 0 Å².